The van der Waals surface area contributed by atoms with Crippen molar-refractivity contribution in [2.24, 2.45) is 0 Å². The van der Waals surface area contributed by atoms with Gasteiger partial charge in [-0.3, -0.25) is 0 Å². The molecule has 0 heterocycles. The van der Waals surface area contributed by atoms with E-state index in [1.807, 2.05) is 19.1 Å². The van der Waals surface area contributed by atoms with Gasteiger partial charge in [-0.1, -0.05) is 0 Å². The minimum atomic E-state index is -0.224. The second-order valence-electron chi connectivity index (χ2n) is 4.17. The number of urea groups is 1. The maximum atomic E-state index is 11.4. The average Bonchev–Trinajstić information content (AvgIpc) is 2.48. The highest BCUT2D eigenvalue weighted by Gasteiger charge is 2.01. The van der Waals surface area contributed by atoms with Gasteiger partial charge in [0.1, 0.15) is 11.5 Å². The molecule has 0 saturated heterocycles. The van der Waals surface area contributed by atoms with Gasteiger partial charge < -0.3 is 19.9 Å². The number of aromatic hydroxyl groups is 1. The van der Waals surface area contributed by atoms with Crippen molar-refractivity contribution in [3.05, 3.63) is 48.5 Å². The Morgan fingerprint density at radius 1 is 1.14 bits per heavy atom. The highest BCUT2D eigenvalue weighted by Crippen LogP contribution is 2.25. The summed E-state index contributed by atoms with van der Waals surface area (Å²) in [4.78, 5) is 12.3. The van der Waals surface area contributed by atoms with Gasteiger partial charge in [0.2, 0.25) is 0 Å². The zero-order valence-electron chi connectivity index (χ0n) is 11.5. The highest BCUT2D eigenvalue weighted by molar-refractivity contribution is 7.95. The first-order valence-corrected chi connectivity index (χ1v) is 7.20. The van der Waals surface area contributed by atoms with Crippen molar-refractivity contribution in [3.63, 3.8) is 0 Å². The Balaban J connectivity index is 1.87. The minimum Gasteiger partial charge on any atom is -0.508 e. The lowest BCUT2D eigenvalue weighted by Crippen LogP contribution is -2.28. The number of anilines is 1. The van der Waals surface area contributed by atoms with Gasteiger partial charge >= 0.3 is 6.03 Å². The molecule has 2 amide bonds. The molecule has 3 N–H and O–H groups in total. The number of hydrogen-bond donors (Lipinski definition) is 3. The molecule has 0 aliphatic carbocycles. The van der Waals surface area contributed by atoms with Gasteiger partial charge in [-0.25, -0.2) is 4.79 Å². The van der Waals surface area contributed by atoms with E-state index in [1.165, 1.54) is 12.0 Å². The third-order valence-corrected chi connectivity index (χ3v) is 3.26. The fourth-order valence-corrected chi connectivity index (χ4v) is 2.08. The van der Waals surface area contributed by atoms with E-state index in [0.29, 0.717) is 12.3 Å². The topological polar surface area (TPSA) is 70.6 Å². The van der Waals surface area contributed by atoms with Crippen molar-refractivity contribution < 1.29 is 14.1 Å². The van der Waals surface area contributed by atoms with Crippen molar-refractivity contribution in [1.82, 2.24) is 5.32 Å². The molecule has 0 aliphatic rings. The summed E-state index contributed by atoms with van der Waals surface area (Å²) >= 11 is 1.21. The Morgan fingerprint density at radius 3 is 2.43 bits per heavy atom. The van der Waals surface area contributed by atoms with E-state index in [0.717, 1.165) is 10.6 Å². The number of benzene rings is 2. The number of hydrogen-bond acceptors (Lipinski definition) is 4. The first kappa shape index (κ1) is 15.1. The fraction of sp³-hybridized carbons (Fsp3) is 0.133. The molecule has 6 heteroatoms. The molecule has 0 atom stereocenters. The standard InChI is InChI=1S/C15H16N2O3S/c1-2-16-15(19)17-11-3-9-14(10-4-11)21-20-13-7-5-12(18)6-8-13/h3-10,18H,2H2,1H3,(H2,16,17,19). The van der Waals surface area contributed by atoms with Crippen LogP contribution in [0, 0.1) is 0 Å². The Hall–Kier alpha value is -2.34. The normalized spacial score (nSPS) is 9.95. The molecule has 2 aromatic rings. The molecule has 0 spiro atoms. The quantitative estimate of drug-likeness (QED) is 0.738. The van der Waals surface area contributed by atoms with Crippen molar-refractivity contribution in [3.8, 4) is 11.5 Å². The van der Waals surface area contributed by atoms with Gasteiger partial charge in [0.15, 0.2) is 0 Å². The van der Waals surface area contributed by atoms with Crippen LogP contribution in [0.5, 0.6) is 11.5 Å². The Labute approximate surface area is 127 Å². The third kappa shape index (κ3) is 4.92. The predicted octanol–water partition coefficient (Wildman–Crippen LogP) is 3.62. The zero-order valence-corrected chi connectivity index (χ0v) is 12.3. The second kappa shape index (κ2) is 7.44. The first-order valence-electron chi connectivity index (χ1n) is 6.46. The van der Waals surface area contributed by atoms with E-state index < -0.39 is 0 Å². The molecule has 0 saturated carbocycles. The van der Waals surface area contributed by atoms with E-state index in [-0.39, 0.29) is 11.8 Å². The second-order valence-corrected chi connectivity index (χ2v) is 4.97. The molecule has 0 unspecified atom stereocenters. The summed E-state index contributed by atoms with van der Waals surface area (Å²) in [5, 5.41) is 14.6. The summed E-state index contributed by atoms with van der Waals surface area (Å²) in [6, 6.07) is 13.6. The molecular formula is C15H16N2O3S. The molecule has 110 valence electrons. The van der Waals surface area contributed by atoms with E-state index in [9.17, 15) is 9.90 Å². The number of amides is 2. The summed E-state index contributed by atoms with van der Waals surface area (Å²) in [7, 11) is 0. The van der Waals surface area contributed by atoms with Crippen LogP contribution < -0.4 is 14.8 Å². The Kier molecular flexibility index (Phi) is 5.34. The molecule has 2 aromatic carbocycles. The van der Waals surface area contributed by atoms with Crippen LogP contribution >= 0.6 is 12.0 Å². The van der Waals surface area contributed by atoms with Crippen LogP contribution in [-0.2, 0) is 0 Å². The molecule has 0 bridgehead atoms. The van der Waals surface area contributed by atoms with Crippen LogP contribution in [0.15, 0.2) is 53.4 Å². The summed E-state index contributed by atoms with van der Waals surface area (Å²) in [5.41, 5.74) is 0.718. The van der Waals surface area contributed by atoms with Crippen molar-refractivity contribution >= 4 is 23.8 Å². The SMILES string of the molecule is CCNC(=O)Nc1ccc(SOc2ccc(O)cc2)cc1. The van der Waals surface area contributed by atoms with Crippen LogP contribution in [0.3, 0.4) is 0 Å². The van der Waals surface area contributed by atoms with Gasteiger partial charge in [0, 0.05) is 17.1 Å². The van der Waals surface area contributed by atoms with Crippen LogP contribution in [0.25, 0.3) is 0 Å². The number of phenols is 1. The van der Waals surface area contributed by atoms with Crippen LogP contribution in [0.4, 0.5) is 10.5 Å². The first-order chi connectivity index (χ1) is 10.2. The molecule has 21 heavy (non-hydrogen) atoms. The van der Waals surface area contributed by atoms with Gasteiger partial charge in [0.25, 0.3) is 0 Å². The average molecular weight is 304 g/mol. The largest absolute Gasteiger partial charge is 0.508 e. The minimum absolute atomic E-state index is 0.202. The maximum Gasteiger partial charge on any atom is 0.319 e. The zero-order chi connectivity index (χ0) is 15.1. The summed E-state index contributed by atoms with van der Waals surface area (Å²) < 4.78 is 5.51. The third-order valence-electron chi connectivity index (χ3n) is 2.52. The van der Waals surface area contributed by atoms with Crippen LogP contribution in [0.1, 0.15) is 6.92 Å². The monoisotopic (exact) mass is 304 g/mol. The molecule has 0 aromatic heterocycles. The lowest BCUT2D eigenvalue weighted by atomic mass is 10.3. The van der Waals surface area contributed by atoms with E-state index in [1.54, 1.807) is 36.4 Å². The molecule has 5 nitrogen and oxygen atoms in total. The smallest absolute Gasteiger partial charge is 0.319 e. The van der Waals surface area contributed by atoms with Crippen LogP contribution in [0.2, 0.25) is 0 Å². The number of rotatable bonds is 5. The Bertz CT molecular complexity index is 585. The van der Waals surface area contributed by atoms with Crippen molar-refractivity contribution in [2.75, 3.05) is 11.9 Å². The lowest BCUT2D eigenvalue weighted by molar-refractivity contribution is 0.252. The van der Waals surface area contributed by atoms with Gasteiger partial charge in [-0.15, -0.1) is 0 Å². The molecule has 0 fully saturated rings. The van der Waals surface area contributed by atoms with Crippen LogP contribution in [-0.4, -0.2) is 17.7 Å². The molecule has 2 rings (SSSR count). The lowest BCUT2D eigenvalue weighted by Gasteiger charge is -2.07. The number of carbonyl (C=O) groups excluding carboxylic acids is 1. The van der Waals surface area contributed by atoms with Crippen molar-refractivity contribution in [1.29, 1.82) is 0 Å². The molecule has 0 radical (unpaired) electrons. The number of carbonyl (C=O) groups is 1. The number of phenolic OH excluding ortho intramolecular Hbond substituents is 1. The summed E-state index contributed by atoms with van der Waals surface area (Å²) in [6.45, 7) is 2.44. The fourth-order valence-electron chi connectivity index (χ4n) is 1.53. The molecular weight excluding hydrogens is 288 g/mol. The number of nitrogens with one attached hydrogen (secondary N) is 2. The predicted molar refractivity (Wildman–Crippen MR) is 83.7 cm³/mol. The van der Waals surface area contributed by atoms with E-state index >= 15 is 0 Å². The van der Waals surface area contributed by atoms with Gasteiger partial charge in [-0.05, 0) is 55.5 Å². The van der Waals surface area contributed by atoms with E-state index in [2.05, 4.69) is 10.6 Å². The summed E-state index contributed by atoms with van der Waals surface area (Å²) in [5.74, 6) is 0.857. The van der Waals surface area contributed by atoms with Gasteiger partial charge in [-0.2, -0.15) is 0 Å². The summed E-state index contributed by atoms with van der Waals surface area (Å²) in [6.07, 6.45) is 0. The van der Waals surface area contributed by atoms with Crippen molar-refractivity contribution in [2.45, 2.75) is 11.8 Å². The Morgan fingerprint density at radius 2 is 1.81 bits per heavy atom. The maximum absolute atomic E-state index is 11.4. The van der Waals surface area contributed by atoms with Gasteiger partial charge in [0.05, 0.1) is 12.0 Å². The van der Waals surface area contributed by atoms with E-state index in [4.69, 9.17) is 4.18 Å². The molecule has 0 aliphatic heterocycles. The highest BCUT2D eigenvalue weighted by atomic mass is 32.2.